The third kappa shape index (κ3) is 6.42. The van der Waals surface area contributed by atoms with E-state index in [0.29, 0.717) is 11.3 Å². The van der Waals surface area contributed by atoms with Gasteiger partial charge in [0.1, 0.15) is 0 Å². The lowest BCUT2D eigenvalue weighted by Gasteiger charge is -2.24. The van der Waals surface area contributed by atoms with Gasteiger partial charge in [-0.3, -0.25) is 14.8 Å². The maximum Gasteiger partial charge on any atom is 0.229 e. The van der Waals surface area contributed by atoms with Crippen molar-refractivity contribution in [1.82, 2.24) is 5.32 Å². The van der Waals surface area contributed by atoms with Crippen molar-refractivity contribution in [1.29, 1.82) is 0 Å². The molecular weight excluding hydrogens is 420 g/mol. The average Bonchev–Trinajstić information content (AvgIpc) is 2.72. The standard InChI is InChI=1S/C23H24N2O3S.ClH/c1-17(23(26)20-13-15-21(16-14-20)25-29(2,27)28)24-22(18-9-5-3-6-10-18)19-11-7-4-8-12-19;/h3-17,22,24-25H,1-2H3;1H/t17-;/m0./s1. The Labute approximate surface area is 184 Å². The van der Waals surface area contributed by atoms with E-state index in [9.17, 15) is 13.2 Å². The first-order valence-corrected chi connectivity index (χ1v) is 11.2. The Hall–Kier alpha value is -2.67. The van der Waals surface area contributed by atoms with Crippen molar-refractivity contribution in [3.63, 3.8) is 0 Å². The van der Waals surface area contributed by atoms with E-state index >= 15 is 0 Å². The number of rotatable bonds is 8. The van der Waals surface area contributed by atoms with E-state index in [-0.39, 0.29) is 24.2 Å². The lowest BCUT2D eigenvalue weighted by Crippen LogP contribution is -2.37. The van der Waals surface area contributed by atoms with Crippen LogP contribution in [0.25, 0.3) is 0 Å². The van der Waals surface area contributed by atoms with Gasteiger partial charge >= 0.3 is 0 Å². The van der Waals surface area contributed by atoms with E-state index in [1.165, 1.54) is 0 Å². The fraction of sp³-hybridized carbons (Fsp3) is 0.174. The monoisotopic (exact) mass is 444 g/mol. The minimum atomic E-state index is -3.35. The van der Waals surface area contributed by atoms with Gasteiger partial charge in [-0.25, -0.2) is 8.42 Å². The number of anilines is 1. The predicted molar refractivity (Wildman–Crippen MR) is 124 cm³/mol. The van der Waals surface area contributed by atoms with Crippen LogP contribution in [0.15, 0.2) is 84.9 Å². The van der Waals surface area contributed by atoms with Crippen molar-refractivity contribution in [3.8, 4) is 0 Å². The summed E-state index contributed by atoms with van der Waals surface area (Å²) in [5, 5.41) is 3.44. The van der Waals surface area contributed by atoms with Crippen LogP contribution in [0.4, 0.5) is 5.69 Å². The summed E-state index contributed by atoms with van der Waals surface area (Å²) in [6.07, 6.45) is 1.09. The minimum Gasteiger partial charge on any atom is -0.297 e. The molecule has 0 aliphatic rings. The summed E-state index contributed by atoms with van der Waals surface area (Å²) in [6, 6.07) is 25.9. The normalized spacial score (nSPS) is 12.1. The highest BCUT2D eigenvalue weighted by Crippen LogP contribution is 2.23. The zero-order valence-corrected chi connectivity index (χ0v) is 18.4. The molecule has 0 spiro atoms. The molecule has 0 aromatic heterocycles. The van der Waals surface area contributed by atoms with E-state index in [1.807, 2.05) is 67.6 Å². The molecule has 0 saturated heterocycles. The molecule has 1 atom stereocenters. The minimum absolute atomic E-state index is 0. The molecule has 0 bridgehead atoms. The summed E-state index contributed by atoms with van der Waals surface area (Å²) < 4.78 is 25.1. The van der Waals surface area contributed by atoms with E-state index in [2.05, 4.69) is 10.0 Å². The lowest BCUT2D eigenvalue weighted by molar-refractivity contribution is 0.0947. The quantitative estimate of drug-likeness (QED) is 0.504. The Morgan fingerprint density at radius 1 is 0.800 bits per heavy atom. The Morgan fingerprint density at radius 2 is 1.27 bits per heavy atom. The van der Waals surface area contributed by atoms with Crippen LogP contribution in [0.1, 0.15) is 34.5 Å². The molecule has 3 aromatic rings. The number of Topliss-reactive ketones (excluding diaryl/α,β-unsaturated/α-hetero) is 1. The number of hydrogen-bond donors (Lipinski definition) is 2. The SMILES string of the molecule is C[C@H](NC(c1ccccc1)c1ccccc1)C(=O)c1ccc(NS(C)(=O)=O)cc1.Cl. The average molecular weight is 445 g/mol. The van der Waals surface area contributed by atoms with Crippen molar-refractivity contribution < 1.29 is 13.2 Å². The zero-order valence-electron chi connectivity index (χ0n) is 16.8. The second-order valence-electron chi connectivity index (χ2n) is 6.96. The van der Waals surface area contributed by atoms with Gasteiger partial charge < -0.3 is 0 Å². The van der Waals surface area contributed by atoms with Gasteiger partial charge in [0.25, 0.3) is 0 Å². The van der Waals surface area contributed by atoms with Crippen molar-refractivity contribution >= 4 is 33.9 Å². The Balaban J connectivity index is 0.00000320. The predicted octanol–water partition coefficient (Wildman–Crippen LogP) is 4.43. The summed E-state index contributed by atoms with van der Waals surface area (Å²) in [5.74, 6) is -0.0623. The van der Waals surface area contributed by atoms with E-state index in [0.717, 1.165) is 17.4 Å². The van der Waals surface area contributed by atoms with Crippen molar-refractivity contribution in [2.75, 3.05) is 11.0 Å². The van der Waals surface area contributed by atoms with Gasteiger partial charge in [-0.05, 0) is 42.3 Å². The van der Waals surface area contributed by atoms with Crippen LogP contribution in [0.5, 0.6) is 0 Å². The number of halogens is 1. The number of hydrogen-bond acceptors (Lipinski definition) is 4. The topological polar surface area (TPSA) is 75.3 Å². The van der Waals surface area contributed by atoms with Gasteiger partial charge in [-0.2, -0.15) is 0 Å². The molecule has 0 unspecified atom stereocenters. The molecule has 0 fully saturated rings. The molecule has 0 aliphatic carbocycles. The summed E-state index contributed by atoms with van der Waals surface area (Å²) in [4.78, 5) is 12.9. The summed E-state index contributed by atoms with van der Waals surface area (Å²) in [5.41, 5.74) is 3.09. The van der Waals surface area contributed by atoms with Crippen LogP contribution in [-0.4, -0.2) is 26.5 Å². The van der Waals surface area contributed by atoms with E-state index < -0.39 is 16.1 Å². The van der Waals surface area contributed by atoms with Gasteiger partial charge in [0.15, 0.2) is 5.78 Å². The van der Waals surface area contributed by atoms with Crippen LogP contribution < -0.4 is 10.0 Å². The second-order valence-corrected chi connectivity index (χ2v) is 8.71. The number of ketones is 1. The zero-order chi connectivity index (χ0) is 20.9. The van der Waals surface area contributed by atoms with Gasteiger partial charge in [0.2, 0.25) is 10.0 Å². The van der Waals surface area contributed by atoms with Gasteiger partial charge in [-0.15, -0.1) is 12.4 Å². The van der Waals surface area contributed by atoms with Crippen LogP contribution >= 0.6 is 12.4 Å². The third-order valence-electron chi connectivity index (χ3n) is 4.55. The molecule has 0 radical (unpaired) electrons. The Kier molecular flexibility index (Phi) is 8.17. The van der Waals surface area contributed by atoms with E-state index in [1.54, 1.807) is 24.3 Å². The number of benzene rings is 3. The lowest BCUT2D eigenvalue weighted by atomic mass is 9.96. The number of carbonyl (C=O) groups excluding carboxylic acids is 1. The maximum absolute atomic E-state index is 12.9. The largest absolute Gasteiger partial charge is 0.297 e. The number of carbonyl (C=O) groups is 1. The number of sulfonamides is 1. The molecule has 5 nitrogen and oxygen atoms in total. The van der Waals surface area contributed by atoms with Gasteiger partial charge in [0, 0.05) is 11.3 Å². The molecular formula is C23H25ClN2O3S. The Morgan fingerprint density at radius 3 is 1.70 bits per heavy atom. The fourth-order valence-corrected chi connectivity index (χ4v) is 3.73. The van der Waals surface area contributed by atoms with Gasteiger partial charge in [0.05, 0.1) is 18.3 Å². The molecule has 0 saturated carbocycles. The van der Waals surface area contributed by atoms with Crippen LogP contribution in [0.2, 0.25) is 0 Å². The van der Waals surface area contributed by atoms with Crippen LogP contribution in [0, 0.1) is 0 Å². The molecule has 7 heteroatoms. The highest BCUT2D eigenvalue weighted by molar-refractivity contribution is 7.92. The first-order chi connectivity index (χ1) is 13.8. The third-order valence-corrected chi connectivity index (χ3v) is 5.15. The molecule has 3 rings (SSSR count). The van der Waals surface area contributed by atoms with Gasteiger partial charge in [-0.1, -0.05) is 60.7 Å². The van der Waals surface area contributed by atoms with Crippen molar-refractivity contribution in [3.05, 3.63) is 102 Å². The maximum atomic E-state index is 12.9. The van der Waals surface area contributed by atoms with Crippen molar-refractivity contribution in [2.24, 2.45) is 0 Å². The molecule has 2 N–H and O–H groups in total. The molecule has 3 aromatic carbocycles. The van der Waals surface area contributed by atoms with Crippen LogP contribution in [-0.2, 0) is 10.0 Å². The molecule has 0 amide bonds. The van der Waals surface area contributed by atoms with Crippen LogP contribution in [0.3, 0.4) is 0 Å². The first-order valence-electron chi connectivity index (χ1n) is 9.31. The van der Waals surface area contributed by atoms with Crippen molar-refractivity contribution in [2.45, 2.75) is 19.0 Å². The second kappa shape index (κ2) is 10.4. The molecule has 0 heterocycles. The highest BCUT2D eigenvalue weighted by Gasteiger charge is 2.21. The first kappa shape index (κ1) is 23.6. The smallest absolute Gasteiger partial charge is 0.229 e. The molecule has 158 valence electrons. The number of nitrogens with one attached hydrogen (secondary N) is 2. The fourth-order valence-electron chi connectivity index (χ4n) is 3.17. The molecule has 30 heavy (non-hydrogen) atoms. The van der Waals surface area contributed by atoms with E-state index in [4.69, 9.17) is 0 Å². The summed E-state index contributed by atoms with van der Waals surface area (Å²) in [6.45, 7) is 1.84. The molecule has 0 aliphatic heterocycles. The highest BCUT2D eigenvalue weighted by atomic mass is 35.5. The summed E-state index contributed by atoms with van der Waals surface area (Å²) in [7, 11) is -3.35. The Bertz CT molecular complexity index is 1020. The summed E-state index contributed by atoms with van der Waals surface area (Å²) >= 11 is 0.